The normalized spacial score (nSPS) is 12.4. The Morgan fingerprint density at radius 2 is 1.92 bits per heavy atom. The number of guanidine groups is 1. The van der Waals surface area contributed by atoms with Gasteiger partial charge in [-0.2, -0.15) is 5.10 Å². The summed E-state index contributed by atoms with van der Waals surface area (Å²) in [5, 5.41) is 11.3. The van der Waals surface area contributed by atoms with Crippen molar-refractivity contribution >= 4 is 29.9 Å². The molecule has 1 aromatic carbocycles. The van der Waals surface area contributed by atoms with E-state index in [1.165, 1.54) is 11.3 Å². The van der Waals surface area contributed by atoms with Crippen LogP contribution in [0.15, 0.2) is 41.4 Å². The van der Waals surface area contributed by atoms with Gasteiger partial charge in [0.05, 0.1) is 5.69 Å². The van der Waals surface area contributed by atoms with Crippen LogP contribution in [0.5, 0.6) is 0 Å². The van der Waals surface area contributed by atoms with Crippen molar-refractivity contribution in [3.05, 3.63) is 53.3 Å². The first-order valence-corrected chi connectivity index (χ1v) is 8.60. The van der Waals surface area contributed by atoms with Crippen LogP contribution >= 0.6 is 24.0 Å². The molecule has 138 valence electrons. The molecule has 6 heteroatoms. The molecule has 0 amide bonds. The van der Waals surface area contributed by atoms with E-state index in [9.17, 15) is 0 Å². The molecule has 2 aromatic rings. The van der Waals surface area contributed by atoms with Crippen LogP contribution < -0.4 is 10.6 Å². The second-order valence-corrected chi connectivity index (χ2v) is 6.20. The van der Waals surface area contributed by atoms with Gasteiger partial charge in [-0.15, -0.1) is 24.0 Å². The predicted octanol–water partition coefficient (Wildman–Crippen LogP) is 3.48. The minimum Gasteiger partial charge on any atom is -0.356 e. The zero-order valence-corrected chi connectivity index (χ0v) is 18.0. The second kappa shape index (κ2) is 11.1. The zero-order chi connectivity index (χ0) is 17.4. The van der Waals surface area contributed by atoms with Gasteiger partial charge in [-0.3, -0.25) is 9.67 Å². The molecule has 1 unspecified atom stereocenters. The Balaban J connectivity index is 0.00000312. The first-order valence-electron chi connectivity index (χ1n) is 8.60. The van der Waals surface area contributed by atoms with Crippen LogP contribution in [0.25, 0.3) is 0 Å². The van der Waals surface area contributed by atoms with Crippen molar-refractivity contribution in [3.8, 4) is 0 Å². The van der Waals surface area contributed by atoms with Crippen LogP contribution in [0, 0.1) is 13.8 Å². The molecule has 0 fully saturated rings. The molecule has 2 rings (SSSR count). The molecule has 1 aromatic heterocycles. The zero-order valence-electron chi connectivity index (χ0n) is 15.6. The SMILES string of the molecule is CN=C(NCCCn1nc(C)cc1C)NCC(C)c1ccccc1.I. The molecule has 0 aliphatic carbocycles. The van der Waals surface area contributed by atoms with E-state index in [-0.39, 0.29) is 24.0 Å². The molecule has 1 heterocycles. The average molecular weight is 455 g/mol. The quantitative estimate of drug-likeness (QED) is 0.291. The van der Waals surface area contributed by atoms with Gasteiger partial charge in [-0.25, -0.2) is 0 Å². The number of nitrogens with zero attached hydrogens (tertiary/aromatic N) is 3. The lowest BCUT2D eigenvalue weighted by Gasteiger charge is -2.16. The van der Waals surface area contributed by atoms with Crippen LogP contribution in [0.3, 0.4) is 0 Å². The fourth-order valence-electron chi connectivity index (χ4n) is 2.71. The molecule has 0 bridgehead atoms. The first kappa shape index (κ1) is 21.5. The molecule has 0 saturated carbocycles. The van der Waals surface area contributed by atoms with Gasteiger partial charge in [0.25, 0.3) is 0 Å². The number of hydrogen-bond acceptors (Lipinski definition) is 2. The first-order chi connectivity index (χ1) is 11.6. The number of nitrogens with one attached hydrogen (secondary N) is 2. The highest BCUT2D eigenvalue weighted by molar-refractivity contribution is 14.0. The topological polar surface area (TPSA) is 54.2 Å². The summed E-state index contributed by atoms with van der Waals surface area (Å²) in [6.45, 7) is 9.00. The van der Waals surface area contributed by atoms with Crippen molar-refractivity contribution in [2.24, 2.45) is 4.99 Å². The van der Waals surface area contributed by atoms with Gasteiger partial charge in [0, 0.05) is 32.4 Å². The Morgan fingerprint density at radius 1 is 1.20 bits per heavy atom. The smallest absolute Gasteiger partial charge is 0.190 e. The van der Waals surface area contributed by atoms with Crippen LogP contribution in [0.4, 0.5) is 0 Å². The Kier molecular flexibility index (Phi) is 9.55. The third-order valence-corrected chi connectivity index (χ3v) is 4.11. The van der Waals surface area contributed by atoms with Crippen molar-refractivity contribution in [2.75, 3.05) is 20.1 Å². The number of rotatable bonds is 7. The molecule has 5 nitrogen and oxygen atoms in total. The van der Waals surface area contributed by atoms with E-state index in [2.05, 4.69) is 69.6 Å². The largest absolute Gasteiger partial charge is 0.356 e. The number of aromatic nitrogens is 2. The highest BCUT2D eigenvalue weighted by Gasteiger charge is 2.06. The summed E-state index contributed by atoms with van der Waals surface area (Å²) >= 11 is 0. The highest BCUT2D eigenvalue weighted by Crippen LogP contribution is 2.12. The third-order valence-electron chi connectivity index (χ3n) is 4.11. The molecule has 2 N–H and O–H groups in total. The molecule has 0 radical (unpaired) electrons. The maximum atomic E-state index is 4.48. The molecule has 0 spiro atoms. The van der Waals surface area contributed by atoms with E-state index < -0.39 is 0 Å². The van der Waals surface area contributed by atoms with E-state index in [0.717, 1.165) is 37.7 Å². The molecular weight excluding hydrogens is 425 g/mol. The van der Waals surface area contributed by atoms with E-state index in [1.54, 1.807) is 0 Å². The number of halogens is 1. The van der Waals surface area contributed by atoms with Crippen molar-refractivity contribution in [1.82, 2.24) is 20.4 Å². The Bertz CT molecular complexity index is 651. The third kappa shape index (κ3) is 7.05. The van der Waals surface area contributed by atoms with Gasteiger partial charge < -0.3 is 10.6 Å². The number of hydrogen-bond donors (Lipinski definition) is 2. The minimum absolute atomic E-state index is 0. The summed E-state index contributed by atoms with van der Waals surface area (Å²) in [6.07, 6.45) is 1.01. The highest BCUT2D eigenvalue weighted by atomic mass is 127. The summed E-state index contributed by atoms with van der Waals surface area (Å²) in [7, 11) is 1.81. The predicted molar refractivity (Wildman–Crippen MR) is 116 cm³/mol. The molecule has 1 atom stereocenters. The van der Waals surface area contributed by atoms with Gasteiger partial charge in [-0.1, -0.05) is 37.3 Å². The Labute approximate surface area is 168 Å². The molecule has 0 aliphatic heterocycles. The maximum absolute atomic E-state index is 4.48. The number of benzene rings is 1. The monoisotopic (exact) mass is 455 g/mol. The van der Waals surface area contributed by atoms with Crippen LogP contribution in [0.2, 0.25) is 0 Å². The Morgan fingerprint density at radius 3 is 2.52 bits per heavy atom. The van der Waals surface area contributed by atoms with Crippen molar-refractivity contribution in [1.29, 1.82) is 0 Å². The summed E-state index contributed by atoms with van der Waals surface area (Å²) in [5.41, 5.74) is 3.63. The van der Waals surface area contributed by atoms with Gasteiger partial charge in [0.1, 0.15) is 0 Å². The van der Waals surface area contributed by atoms with Gasteiger partial charge >= 0.3 is 0 Å². The van der Waals surface area contributed by atoms with Crippen LogP contribution in [0.1, 0.15) is 36.2 Å². The maximum Gasteiger partial charge on any atom is 0.190 e. The summed E-state index contributed by atoms with van der Waals surface area (Å²) < 4.78 is 2.06. The lowest BCUT2D eigenvalue weighted by atomic mass is 10.0. The average Bonchev–Trinajstić information content (AvgIpc) is 2.92. The Hall–Kier alpha value is -1.57. The molecule has 0 aliphatic rings. The van der Waals surface area contributed by atoms with Crippen molar-refractivity contribution in [2.45, 2.75) is 39.7 Å². The minimum atomic E-state index is 0. The molecular formula is C19H30IN5. The summed E-state index contributed by atoms with van der Waals surface area (Å²) in [4.78, 5) is 4.29. The van der Waals surface area contributed by atoms with Crippen molar-refractivity contribution in [3.63, 3.8) is 0 Å². The lowest BCUT2D eigenvalue weighted by molar-refractivity contribution is 0.554. The van der Waals surface area contributed by atoms with E-state index in [1.807, 2.05) is 20.0 Å². The van der Waals surface area contributed by atoms with Crippen LogP contribution in [-0.4, -0.2) is 35.9 Å². The standard InChI is InChI=1S/C19H29N5.HI/c1-15(18-9-6-5-7-10-18)14-22-19(20-4)21-11-8-12-24-17(3)13-16(2)23-24;/h5-7,9-10,13,15H,8,11-12,14H2,1-4H3,(H2,20,21,22);1H. The fourth-order valence-corrected chi connectivity index (χ4v) is 2.71. The number of aryl methyl sites for hydroxylation is 3. The van der Waals surface area contributed by atoms with Gasteiger partial charge in [0.2, 0.25) is 0 Å². The van der Waals surface area contributed by atoms with E-state index in [4.69, 9.17) is 0 Å². The molecule has 25 heavy (non-hydrogen) atoms. The van der Waals surface area contributed by atoms with Crippen molar-refractivity contribution < 1.29 is 0 Å². The van der Waals surface area contributed by atoms with Gasteiger partial charge in [0.15, 0.2) is 5.96 Å². The summed E-state index contributed by atoms with van der Waals surface area (Å²) in [6, 6.07) is 12.6. The number of aliphatic imine (C=N–C) groups is 1. The van der Waals surface area contributed by atoms with Gasteiger partial charge in [-0.05, 0) is 37.8 Å². The second-order valence-electron chi connectivity index (χ2n) is 6.20. The molecule has 0 saturated heterocycles. The van der Waals surface area contributed by atoms with E-state index >= 15 is 0 Å². The van der Waals surface area contributed by atoms with E-state index in [0.29, 0.717) is 5.92 Å². The summed E-state index contributed by atoms with van der Waals surface area (Å²) in [5.74, 6) is 1.30. The fraction of sp³-hybridized carbons (Fsp3) is 0.474. The lowest BCUT2D eigenvalue weighted by Crippen LogP contribution is -2.39. The van der Waals surface area contributed by atoms with Crippen LogP contribution in [-0.2, 0) is 6.54 Å².